The molecule has 37 heavy (non-hydrogen) atoms. The Balaban J connectivity index is 1.56. The van der Waals surface area contributed by atoms with E-state index in [2.05, 4.69) is 0 Å². The number of aliphatic hydroxyl groups is 2. The molecule has 7 rings (SSSR count). The highest BCUT2D eigenvalue weighted by Gasteiger charge is 2.93. The number of hydrogen-bond acceptors (Lipinski definition) is 9. The fourth-order valence-corrected chi connectivity index (χ4v) is 9.37. The quantitative estimate of drug-likeness (QED) is 0.365. The predicted octanol–water partition coefficient (Wildman–Crippen LogP) is 1.31. The smallest absolute Gasteiger partial charge is 0.343 e. The number of hydrogen-bond donors (Lipinski definition) is 2. The number of ether oxygens (including phenoxy) is 3. The van der Waals surface area contributed by atoms with Gasteiger partial charge >= 0.3 is 17.9 Å². The summed E-state index contributed by atoms with van der Waals surface area (Å²) in [4.78, 5) is 54.1. The molecule has 0 aromatic carbocycles. The first-order valence-corrected chi connectivity index (χ1v) is 13.0. The fourth-order valence-electron chi connectivity index (χ4n) is 9.37. The van der Waals surface area contributed by atoms with Gasteiger partial charge in [-0.25, -0.2) is 9.59 Å². The van der Waals surface area contributed by atoms with Crippen LogP contribution in [0.4, 0.5) is 0 Å². The lowest BCUT2D eigenvalue weighted by molar-refractivity contribution is -0.303. The first-order valence-electron chi connectivity index (χ1n) is 13.0. The molecule has 1 spiro atoms. The van der Waals surface area contributed by atoms with E-state index >= 15 is 0 Å². The maximum Gasteiger partial charge on any atom is 0.343 e. The van der Waals surface area contributed by atoms with Gasteiger partial charge in [-0.15, -0.1) is 0 Å². The van der Waals surface area contributed by atoms with Crippen molar-refractivity contribution in [2.24, 2.45) is 34.5 Å². The molecule has 2 N–H and O–H groups in total. The van der Waals surface area contributed by atoms with Gasteiger partial charge in [0.15, 0.2) is 17.0 Å². The molecule has 0 radical (unpaired) electrons. The van der Waals surface area contributed by atoms with Crippen LogP contribution >= 0.6 is 0 Å². The molecule has 196 valence electrons. The Bertz CT molecular complexity index is 1310. The zero-order valence-electron chi connectivity index (χ0n) is 21.1. The lowest BCUT2D eigenvalue weighted by Gasteiger charge is -2.64. The normalized spacial score (nSPS) is 56.7. The summed E-state index contributed by atoms with van der Waals surface area (Å²) in [5.41, 5.74) is -9.69. The van der Waals surface area contributed by atoms with E-state index < -0.39 is 80.9 Å². The second-order valence-corrected chi connectivity index (χ2v) is 12.7. The van der Waals surface area contributed by atoms with Crippen molar-refractivity contribution in [2.45, 2.75) is 75.5 Å². The lowest BCUT2D eigenvalue weighted by Crippen LogP contribution is -2.80. The average Bonchev–Trinajstić information content (AvgIpc) is 3.19. The van der Waals surface area contributed by atoms with E-state index in [1.807, 2.05) is 6.08 Å². The molecule has 11 atom stereocenters. The summed E-state index contributed by atoms with van der Waals surface area (Å²) in [6, 6.07) is 0. The van der Waals surface area contributed by atoms with Crippen molar-refractivity contribution >= 4 is 23.7 Å². The number of carbonyl (C=O) groups is 4. The van der Waals surface area contributed by atoms with E-state index in [4.69, 9.17) is 14.2 Å². The summed E-state index contributed by atoms with van der Waals surface area (Å²) < 4.78 is 17.7. The minimum atomic E-state index is -2.31. The summed E-state index contributed by atoms with van der Waals surface area (Å²) >= 11 is 0. The van der Waals surface area contributed by atoms with Crippen LogP contribution in [0.1, 0.15) is 47.0 Å². The van der Waals surface area contributed by atoms with Gasteiger partial charge in [0.2, 0.25) is 11.2 Å². The van der Waals surface area contributed by atoms with Crippen molar-refractivity contribution in [3.8, 4) is 0 Å². The number of rotatable bonds is 0. The first kappa shape index (κ1) is 23.3. The van der Waals surface area contributed by atoms with Crippen LogP contribution in [0.25, 0.3) is 0 Å². The zero-order chi connectivity index (χ0) is 26.6. The third kappa shape index (κ3) is 2.06. The molecule has 0 aromatic heterocycles. The van der Waals surface area contributed by atoms with Crippen LogP contribution in [-0.2, 0) is 33.4 Å². The Labute approximate surface area is 213 Å². The van der Waals surface area contributed by atoms with Gasteiger partial charge in [-0.05, 0) is 56.1 Å². The summed E-state index contributed by atoms with van der Waals surface area (Å²) in [5.74, 6) is -6.13. The summed E-state index contributed by atoms with van der Waals surface area (Å²) in [7, 11) is 0. The van der Waals surface area contributed by atoms with Crippen molar-refractivity contribution in [1.29, 1.82) is 0 Å². The van der Waals surface area contributed by atoms with Gasteiger partial charge in [0.05, 0.1) is 17.3 Å². The molecule has 0 aromatic rings. The molecule has 4 aliphatic carbocycles. The van der Waals surface area contributed by atoms with Gasteiger partial charge in [0.25, 0.3) is 0 Å². The van der Waals surface area contributed by atoms with Gasteiger partial charge in [0.1, 0.15) is 6.10 Å². The second-order valence-electron chi connectivity index (χ2n) is 12.7. The van der Waals surface area contributed by atoms with E-state index in [1.54, 1.807) is 39.0 Å². The Morgan fingerprint density at radius 3 is 2.46 bits per heavy atom. The molecule has 3 saturated heterocycles. The van der Waals surface area contributed by atoms with Gasteiger partial charge in [-0.3, -0.25) is 9.59 Å². The highest BCUT2D eigenvalue weighted by molar-refractivity contribution is 6.00. The largest absolute Gasteiger partial charge is 0.458 e. The van der Waals surface area contributed by atoms with E-state index in [1.165, 1.54) is 13.0 Å². The van der Waals surface area contributed by atoms with Crippen LogP contribution in [0, 0.1) is 34.5 Å². The molecule has 9 heteroatoms. The van der Waals surface area contributed by atoms with Gasteiger partial charge < -0.3 is 24.4 Å². The van der Waals surface area contributed by atoms with Crippen LogP contribution in [0.15, 0.2) is 36.0 Å². The highest BCUT2D eigenvalue weighted by Crippen LogP contribution is 2.74. The third-order valence-corrected chi connectivity index (χ3v) is 11.5. The zero-order valence-corrected chi connectivity index (χ0v) is 21.1. The molecule has 0 unspecified atom stereocenters. The van der Waals surface area contributed by atoms with Crippen molar-refractivity contribution < 1.29 is 43.6 Å². The highest BCUT2D eigenvalue weighted by atomic mass is 16.7. The minimum Gasteiger partial charge on any atom is -0.458 e. The molecule has 4 bridgehead atoms. The molecule has 7 aliphatic rings. The van der Waals surface area contributed by atoms with Crippen molar-refractivity contribution in [3.63, 3.8) is 0 Å². The summed E-state index contributed by atoms with van der Waals surface area (Å²) in [5, 5.41) is 25.0. The number of ketones is 1. The molecule has 3 heterocycles. The Kier molecular flexibility index (Phi) is 3.95. The average molecular weight is 511 g/mol. The minimum absolute atomic E-state index is 0.147. The molecule has 3 aliphatic heterocycles. The van der Waals surface area contributed by atoms with Crippen LogP contribution in [0.5, 0.6) is 0 Å². The molecule has 2 saturated carbocycles. The Morgan fingerprint density at radius 2 is 1.73 bits per heavy atom. The third-order valence-electron chi connectivity index (χ3n) is 11.5. The maximum atomic E-state index is 14.1. The van der Waals surface area contributed by atoms with E-state index in [0.29, 0.717) is 0 Å². The predicted molar refractivity (Wildman–Crippen MR) is 124 cm³/mol. The van der Waals surface area contributed by atoms with E-state index in [0.717, 1.165) is 5.57 Å². The molecular weight excluding hydrogens is 480 g/mol. The van der Waals surface area contributed by atoms with Crippen molar-refractivity contribution in [1.82, 2.24) is 0 Å². The SMILES string of the molecule is C[C@@H]1C(=O)O[C@@H]2C[C@@]1(C)[C@@H]1[C@]3(O)C(=O)O[C@@]14[C@@](O)(CC[C@H]1[C@H]3C=CC3=CC=CC(=O)[C@@]31C)C(=O)O[C@@]24C. The number of esters is 3. The molecule has 9 nitrogen and oxygen atoms in total. The molecule has 5 fully saturated rings. The standard InChI is InChI=1S/C28H30O9/c1-13-19(30)35-18-12-23(13,2)20-27(34)16-9-8-14-6-5-7-17(29)24(14,3)15(16)10-11-26(33)21(31)36-25(18,4)28(20,26)37-22(27)32/h5-9,13,15-16,18,20,33-34H,10-12H2,1-4H3/t13-,15+,16-,18-,20-,23-,24+,25+,26-,27+,28+/m1/s1. The van der Waals surface area contributed by atoms with Crippen LogP contribution in [0.2, 0.25) is 0 Å². The Morgan fingerprint density at radius 1 is 1.00 bits per heavy atom. The van der Waals surface area contributed by atoms with Gasteiger partial charge in [-0.2, -0.15) is 0 Å². The summed E-state index contributed by atoms with van der Waals surface area (Å²) in [6.07, 6.45) is 7.73. The van der Waals surface area contributed by atoms with E-state index in [9.17, 15) is 29.4 Å². The van der Waals surface area contributed by atoms with E-state index in [-0.39, 0.29) is 25.0 Å². The van der Waals surface area contributed by atoms with Gasteiger partial charge in [0, 0.05) is 5.92 Å². The topological polar surface area (TPSA) is 136 Å². The first-order chi connectivity index (χ1) is 17.2. The number of allylic oxidation sites excluding steroid dienone is 5. The molecular formula is C28H30O9. The number of fused-ring (bicyclic) bond motifs is 7. The molecule has 0 amide bonds. The van der Waals surface area contributed by atoms with Crippen molar-refractivity contribution in [2.75, 3.05) is 0 Å². The summed E-state index contributed by atoms with van der Waals surface area (Å²) in [6.45, 7) is 6.77. The fraction of sp³-hybridized carbons (Fsp3) is 0.643. The Hall–Kier alpha value is -2.78. The van der Waals surface area contributed by atoms with Gasteiger partial charge in [-0.1, -0.05) is 38.2 Å². The van der Waals surface area contributed by atoms with Crippen LogP contribution in [-0.4, -0.2) is 62.4 Å². The van der Waals surface area contributed by atoms with Crippen LogP contribution in [0.3, 0.4) is 0 Å². The monoisotopic (exact) mass is 510 g/mol. The number of carbonyl (C=O) groups excluding carboxylic acids is 4. The van der Waals surface area contributed by atoms with Crippen LogP contribution < -0.4 is 0 Å². The second kappa shape index (κ2) is 6.26. The van der Waals surface area contributed by atoms with Crippen molar-refractivity contribution in [3.05, 3.63) is 36.0 Å². The lowest BCUT2D eigenvalue weighted by atomic mass is 9.40. The maximum absolute atomic E-state index is 14.1.